The van der Waals surface area contributed by atoms with Gasteiger partial charge in [-0.3, -0.25) is 4.79 Å². The monoisotopic (exact) mass is 230 g/mol. The molecule has 0 aromatic rings. The van der Waals surface area contributed by atoms with Crippen molar-refractivity contribution in [3.63, 3.8) is 0 Å². The first-order chi connectivity index (χ1) is 7.54. The van der Waals surface area contributed by atoms with Crippen LogP contribution in [0.4, 0.5) is 0 Å². The molecule has 0 rings (SSSR count). The lowest BCUT2D eigenvalue weighted by molar-refractivity contribution is -0.137. The minimum Gasteiger partial charge on any atom is -0.481 e. The standard InChI is InChI=1S/C13H26O3/c1-11(12(2)14)9-7-5-3-4-6-8-10-13(15)16/h11-12,14H,3-10H2,1-2H3,(H,15,16). The molecular weight excluding hydrogens is 204 g/mol. The van der Waals surface area contributed by atoms with Gasteiger partial charge in [-0.25, -0.2) is 0 Å². The predicted octanol–water partition coefficient (Wildman–Crippen LogP) is 3.21. The molecule has 0 bridgehead atoms. The van der Waals surface area contributed by atoms with Crippen LogP contribution >= 0.6 is 0 Å². The van der Waals surface area contributed by atoms with Gasteiger partial charge < -0.3 is 10.2 Å². The fraction of sp³-hybridized carbons (Fsp3) is 0.923. The number of rotatable bonds is 10. The maximum Gasteiger partial charge on any atom is 0.303 e. The van der Waals surface area contributed by atoms with E-state index in [1.54, 1.807) is 0 Å². The first-order valence-corrected chi connectivity index (χ1v) is 6.44. The Morgan fingerprint density at radius 2 is 1.50 bits per heavy atom. The highest BCUT2D eigenvalue weighted by Gasteiger charge is 2.07. The molecule has 0 aromatic heterocycles. The lowest BCUT2D eigenvalue weighted by Crippen LogP contribution is -2.12. The first-order valence-electron chi connectivity index (χ1n) is 6.44. The van der Waals surface area contributed by atoms with E-state index in [-0.39, 0.29) is 6.10 Å². The number of hydrogen-bond acceptors (Lipinski definition) is 2. The number of carboxylic acid groups (broad SMARTS) is 1. The summed E-state index contributed by atoms with van der Waals surface area (Å²) < 4.78 is 0. The number of hydrogen-bond donors (Lipinski definition) is 2. The molecule has 0 saturated heterocycles. The summed E-state index contributed by atoms with van der Waals surface area (Å²) in [6, 6.07) is 0. The zero-order valence-electron chi connectivity index (χ0n) is 10.6. The van der Waals surface area contributed by atoms with Gasteiger partial charge in [0.2, 0.25) is 0 Å². The highest BCUT2D eigenvalue weighted by Crippen LogP contribution is 2.14. The van der Waals surface area contributed by atoms with Crippen LogP contribution in [0, 0.1) is 5.92 Å². The maximum absolute atomic E-state index is 10.2. The van der Waals surface area contributed by atoms with E-state index >= 15 is 0 Å². The third-order valence-corrected chi connectivity index (χ3v) is 3.12. The van der Waals surface area contributed by atoms with Crippen LogP contribution in [0.15, 0.2) is 0 Å². The molecule has 0 saturated carbocycles. The normalized spacial score (nSPS) is 14.7. The van der Waals surface area contributed by atoms with Crippen molar-refractivity contribution in [2.75, 3.05) is 0 Å². The zero-order valence-corrected chi connectivity index (χ0v) is 10.6. The molecule has 96 valence electrons. The Hall–Kier alpha value is -0.570. The second-order valence-corrected chi connectivity index (χ2v) is 4.77. The number of aliphatic carboxylic acids is 1. The molecule has 0 heterocycles. The molecule has 0 aliphatic carbocycles. The molecule has 0 aromatic carbocycles. The summed E-state index contributed by atoms with van der Waals surface area (Å²) in [7, 11) is 0. The van der Waals surface area contributed by atoms with Crippen LogP contribution in [0.5, 0.6) is 0 Å². The van der Waals surface area contributed by atoms with Crippen LogP contribution in [0.25, 0.3) is 0 Å². The van der Waals surface area contributed by atoms with Gasteiger partial charge in [0.25, 0.3) is 0 Å². The average molecular weight is 230 g/mol. The Balaban J connectivity index is 3.13. The quantitative estimate of drug-likeness (QED) is 0.567. The molecule has 0 spiro atoms. The number of carboxylic acids is 1. The second-order valence-electron chi connectivity index (χ2n) is 4.77. The SMILES string of the molecule is CC(O)C(C)CCCCCCCCC(=O)O. The van der Waals surface area contributed by atoms with E-state index in [9.17, 15) is 9.90 Å². The molecule has 2 atom stereocenters. The summed E-state index contributed by atoms with van der Waals surface area (Å²) in [5.74, 6) is -0.294. The largest absolute Gasteiger partial charge is 0.481 e. The smallest absolute Gasteiger partial charge is 0.303 e. The number of unbranched alkanes of at least 4 members (excludes halogenated alkanes) is 5. The van der Waals surface area contributed by atoms with Crippen molar-refractivity contribution in [3.8, 4) is 0 Å². The molecular formula is C13H26O3. The van der Waals surface area contributed by atoms with Gasteiger partial charge in [-0.05, 0) is 25.7 Å². The van der Waals surface area contributed by atoms with Crippen LogP contribution in [0.1, 0.15) is 65.2 Å². The van der Waals surface area contributed by atoms with Gasteiger partial charge in [0.1, 0.15) is 0 Å². The highest BCUT2D eigenvalue weighted by molar-refractivity contribution is 5.66. The van der Waals surface area contributed by atoms with Crippen molar-refractivity contribution in [3.05, 3.63) is 0 Å². The molecule has 2 unspecified atom stereocenters. The number of aliphatic hydroxyl groups is 1. The van der Waals surface area contributed by atoms with E-state index < -0.39 is 5.97 Å². The van der Waals surface area contributed by atoms with E-state index in [0.717, 1.165) is 25.7 Å². The van der Waals surface area contributed by atoms with Gasteiger partial charge in [0, 0.05) is 6.42 Å². The van der Waals surface area contributed by atoms with Crippen LogP contribution in [0.3, 0.4) is 0 Å². The number of aliphatic hydroxyl groups excluding tert-OH is 1. The second kappa shape index (κ2) is 9.64. The summed E-state index contributed by atoms with van der Waals surface area (Å²) in [6.45, 7) is 3.92. The third kappa shape index (κ3) is 9.97. The molecule has 3 heteroatoms. The molecule has 3 nitrogen and oxygen atoms in total. The van der Waals surface area contributed by atoms with E-state index in [1.807, 2.05) is 6.92 Å². The fourth-order valence-corrected chi connectivity index (χ4v) is 1.69. The zero-order chi connectivity index (χ0) is 12.4. The molecule has 0 aliphatic rings. The Labute approximate surface area is 98.9 Å². The summed E-state index contributed by atoms with van der Waals surface area (Å²) in [5, 5.41) is 17.7. The summed E-state index contributed by atoms with van der Waals surface area (Å²) >= 11 is 0. The molecule has 2 N–H and O–H groups in total. The lowest BCUT2D eigenvalue weighted by atomic mass is 9.98. The number of carbonyl (C=O) groups is 1. The topological polar surface area (TPSA) is 57.5 Å². The van der Waals surface area contributed by atoms with Crippen LogP contribution in [-0.2, 0) is 4.79 Å². The van der Waals surface area contributed by atoms with Crippen LogP contribution in [0.2, 0.25) is 0 Å². The van der Waals surface area contributed by atoms with Gasteiger partial charge >= 0.3 is 5.97 Å². The van der Waals surface area contributed by atoms with E-state index in [4.69, 9.17) is 5.11 Å². The minimum absolute atomic E-state index is 0.199. The van der Waals surface area contributed by atoms with Crippen molar-refractivity contribution in [2.24, 2.45) is 5.92 Å². The Bertz CT molecular complexity index is 178. The molecule has 0 radical (unpaired) electrons. The molecule has 0 aliphatic heterocycles. The lowest BCUT2D eigenvalue weighted by Gasteiger charge is -2.13. The van der Waals surface area contributed by atoms with E-state index in [2.05, 4.69) is 6.92 Å². The maximum atomic E-state index is 10.2. The Kier molecular flexibility index (Phi) is 9.30. The van der Waals surface area contributed by atoms with E-state index in [0.29, 0.717) is 12.3 Å². The summed E-state index contributed by atoms with van der Waals surface area (Å²) in [4.78, 5) is 10.2. The van der Waals surface area contributed by atoms with Gasteiger partial charge in [-0.2, -0.15) is 0 Å². The van der Waals surface area contributed by atoms with Crippen LogP contribution in [-0.4, -0.2) is 22.3 Å². The van der Waals surface area contributed by atoms with Gasteiger partial charge in [-0.1, -0.05) is 39.0 Å². The van der Waals surface area contributed by atoms with Gasteiger partial charge in [0.05, 0.1) is 6.10 Å². The van der Waals surface area contributed by atoms with Crippen molar-refractivity contribution >= 4 is 5.97 Å². The predicted molar refractivity (Wildman–Crippen MR) is 65.4 cm³/mol. The first kappa shape index (κ1) is 15.4. The fourth-order valence-electron chi connectivity index (χ4n) is 1.69. The van der Waals surface area contributed by atoms with Crippen molar-refractivity contribution < 1.29 is 15.0 Å². The minimum atomic E-state index is -0.689. The molecule has 0 amide bonds. The van der Waals surface area contributed by atoms with Gasteiger partial charge in [0.15, 0.2) is 0 Å². The van der Waals surface area contributed by atoms with Crippen molar-refractivity contribution in [1.29, 1.82) is 0 Å². The van der Waals surface area contributed by atoms with E-state index in [1.165, 1.54) is 19.3 Å². The summed E-state index contributed by atoms with van der Waals surface area (Å²) in [6.07, 6.45) is 7.72. The third-order valence-electron chi connectivity index (χ3n) is 3.12. The highest BCUT2D eigenvalue weighted by atomic mass is 16.4. The molecule has 16 heavy (non-hydrogen) atoms. The van der Waals surface area contributed by atoms with Crippen molar-refractivity contribution in [1.82, 2.24) is 0 Å². The molecule has 0 fully saturated rings. The van der Waals surface area contributed by atoms with Gasteiger partial charge in [-0.15, -0.1) is 0 Å². The average Bonchev–Trinajstić information content (AvgIpc) is 2.21. The van der Waals surface area contributed by atoms with Crippen molar-refractivity contribution in [2.45, 2.75) is 71.3 Å². The van der Waals surface area contributed by atoms with Crippen LogP contribution < -0.4 is 0 Å². The summed E-state index contributed by atoms with van der Waals surface area (Å²) in [5.41, 5.74) is 0. The Morgan fingerprint density at radius 3 is 2.00 bits per heavy atom. The Morgan fingerprint density at radius 1 is 1.00 bits per heavy atom.